The second kappa shape index (κ2) is 8.17. The first kappa shape index (κ1) is 16.8. The normalized spacial score (nSPS) is 23.5. The lowest BCUT2D eigenvalue weighted by atomic mass is 9.95. The molecule has 1 fully saturated rings. The molecule has 0 aromatic heterocycles. The molecule has 118 valence electrons. The van der Waals surface area contributed by atoms with Crippen LogP contribution in [0.4, 0.5) is 0 Å². The maximum Gasteiger partial charge on any atom is 0.0499 e. The van der Waals surface area contributed by atoms with E-state index in [2.05, 4.69) is 30.9 Å². The molecule has 1 aromatic carbocycles. The SMILES string of the molecule is CCC1CCCN(C(c2cccc(Cl)c2)C(N)CC)CC1. The van der Waals surface area contributed by atoms with Crippen LogP contribution in [0.3, 0.4) is 0 Å². The Morgan fingerprint density at radius 2 is 2.10 bits per heavy atom. The van der Waals surface area contributed by atoms with E-state index in [1.165, 1.54) is 31.2 Å². The van der Waals surface area contributed by atoms with Crippen molar-refractivity contribution in [3.8, 4) is 0 Å². The van der Waals surface area contributed by atoms with Gasteiger partial charge in [-0.2, -0.15) is 0 Å². The van der Waals surface area contributed by atoms with Crippen molar-refractivity contribution in [2.75, 3.05) is 13.1 Å². The Bertz CT molecular complexity index is 435. The van der Waals surface area contributed by atoms with Crippen molar-refractivity contribution in [3.05, 3.63) is 34.9 Å². The molecule has 2 nitrogen and oxygen atoms in total. The fourth-order valence-corrected chi connectivity index (χ4v) is 3.72. The molecule has 0 bridgehead atoms. The van der Waals surface area contributed by atoms with Crippen LogP contribution in [-0.4, -0.2) is 24.0 Å². The van der Waals surface area contributed by atoms with Crippen LogP contribution in [0.1, 0.15) is 57.6 Å². The number of nitrogens with zero attached hydrogens (tertiary/aromatic N) is 1. The van der Waals surface area contributed by atoms with E-state index in [1.54, 1.807) is 0 Å². The van der Waals surface area contributed by atoms with E-state index < -0.39 is 0 Å². The number of hydrogen-bond acceptors (Lipinski definition) is 2. The van der Waals surface area contributed by atoms with Gasteiger partial charge in [-0.15, -0.1) is 0 Å². The third kappa shape index (κ3) is 4.45. The lowest BCUT2D eigenvalue weighted by Gasteiger charge is -2.35. The Morgan fingerprint density at radius 1 is 1.29 bits per heavy atom. The molecule has 1 heterocycles. The van der Waals surface area contributed by atoms with E-state index in [0.29, 0.717) is 6.04 Å². The Hall–Kier alpha value is -0.570. The average molecular weight is 309 g/mol. The third-order valence-corrected chi connectivity index (χ3v) is 5.16. The Morgan fingerprint density at radius 3 is 2.76 bits per heavy atom. The molecule has 1 aliphatic heterocycles. The summed E-state index contributed by atoms with van der Waals surface area (Å²) in [5.41, 5.74) is 7.73. The molecule has 2 rings (SSSR count). The second-order valence-electron chi connectivity index (χ2n) is 6.31. The molecule has 2 N–H and O–H groups in total. The summed E-state index contributed by atoms with van der Waals surface area (Å²) in [4.78, 5) is 2.59. The second-order valence-corrected chi connectivity index (χ2v) is 6.75. The zero-order valence-corrected chi connectivity index (χ0v) is 14.1. The molecular formula is C18H29ClN2. The van der Waals surface area contributed by atoms with Gasteiger partial charge in [-0.1, -0.05) is 44.0 Å². The molecule has 3 heteroatoms. The van der Waals surface area contributed by atoms with E-state index in [-0.39, 0.29) is 6.04 Å². The number of nitrogens with two attached hydrogens (primary N) is 1. The molecule has 3 unspecified atom stereocenters. The van der Waals surface area contributed by atoms with Crippen LogP contribution in [0.2, 0.25) is 5.02 Å². The summed E-state index contributed by atoms with van der Waals surface area (Å²) >= 11 is 6.19. The summed E-state index contributed by atoms with van der Waals surface area (Å²) in [7, 11) is 0. The number of benzene rings is 1. The Balaban J connectivity index is 2.20. The van der Waals surface area contributed by atoms with Gasteiger partial charge in [-0.05, 0) is 62.4 Å². The van der Waals surface area contributed by atoms with Crippen molar-refractivity contribution in [2.45, 2.75) is 58.0 Å². The molecule has 0 aliphatic carbocycles. The first-order valence-electron chi connectivity index (χ1n) is 8.40. The molecular weight excluding hydrogens is 280 g/mol. The summed E-state index contributed by atoms with van der Waals surface area (Å²) in [5, 5.41) is 0.807. The van der Waals surface area contributed by atoms with Gasteiger partial charge >= 0.3 is 0 Å². The largest absolute Gasteiger partial charge is 0.326 e. The van der Waals surface area contributed by atoms with Gasteiger partial charge in [0.1, 0.15) is 0 Å². The van der Waals surface area contributed by atoms with Crippen LogP contribution < -0.4 is 5.73 Å². The summed E-state index contributed by atoms with van der Waals surface area (Å²) in [6.45, 7) is 6.80. The molecule has 1 aromatic rings. The number of likely N-dealkylation sites (tertiary alicyclic amines) is 1. The van der Waals surface area contributed by atoms with Crippen LogP contribution in [0.5, 0.6) is 0 Å². The van der Waals surface area contributed by atoms with Crippen molar-refractivity contribution in [1.82, 2.24) is 4.90 Å². The van der Waals surface area contributed by atoms with Gasteiger partial charge in [0.15, 0.2) is 0 Å². The van der Waals surface area contributed by atoms with Crippen molar-refractivity contribution in [2.24, 2.45) is 11.7 Å². The van der Waals surface area contributed by atoms with Gasteiger partial charge in [0.25, 0.3) is 0 Å². The maximum atomic E-state index is 6.46. The minimum Gasteiger partial charge on any atom is -0.326 e. The van der Waals surface area contributed by atoms with Gasteiger partial charge in [0.2, 0.25) is 0 Å². The lowest BCUT2D eigenvalue weighted by molar-refractivity contribution is 0.173. The van der Waals surface area contributed by atoms with E-state index >= 15 is 0 Å². The molecule has 1 aliphatic rings. The monoisotopic (exact) mass is 308 g/mol. The highest BCUT2D eigenvalue weighted by atomic mass is 35.5. The third-order valence-electron chi connectivity index (χ3n) is 4.92. The van der Waals surface area contributed by atoms with Crippen LogP contribution >= 0.6 is 11.6 Å². The highest BCUT2D eigenvalue weighted by molar-refractivity contribution is 6.30. The molecule has 3 atom stereocenters. The maximum absolute atomic E-state index is 6.46. The number of hydrogen-bond donors (Lipinski definition) is 1. The zero-order chi connectivity index (χ0) is 15.2. The minimum atomic E-state index is 0.168. The van der Waals surface area contributed by atoms with Gasteiger partial charge < -0.3 is 5.73 Å². The van der Waals surface area contributed by atoms with Crippen LogP contribution in [0.25, 0.3) is 0 Å². The molecule has 21 heavy (non-hydrogen) atoms. The minimum absolute atomic E-state index is 0.168. The first-order chi connectivity index (χ1) is 10.2. The summed E-state index contributed by atoms with van der Waals surface area (Å²) in [5.74, 6) is 0.882. The molecule has 0 radical (unpaired) electrons. The smallest absolute Gasteiger partial charge is 0.0499 e. The van der Waals surface area contributed by atoms with Crippen LogP contribution in [0, 0.1) is 5.92 Å². The molecule has 0 saturated carbocycles. The van der Waals surface area contributed by atoms with Crippen molar-refractivity contribution >= 4 is 11.6 Å². The predicted octanol–water partition coefficient (Wildman–Crippen LogP) is 4.63. The topological polar surface area (TPSA) is 29.3 Å². The average Bonchev–Trinajstić information content (AvgIpc) is 2.73. The predicted molar refractivity (Wildman–Crippen MR) is 91.7 cm³/mol. The highest BCUT2D eigenvalue weighted by Crippen LogP contribution is 2.31. The number of rotatable bonds is 5. The zero-order valence-electron chi connectivity index (χ0n) is 13.4. The van der Waals surface area contributed by atoms with Crippen molar-refractivity contribution in [3.63, 3.8) is 0 Å². The van der Waals surface area contributed by atoms with Gasteiger partial charge in [0.05, 0.1) is 0 Å². The van der Waals surface area contributed by atoms with Crippen molar-refractivity contribution < 1.29 is 0 Å². The number of halogens is 1. The van der Waals surface area contributed by atoms with Gasteiger partial charge in [-0.25, -0.2) is 0 Å². The van der Waals surface area contributed by atoms with Crippen LogP contribution in [-0.2, 0) is 0 Å². The quantitative estimate of drug-likeness (QED) is 0.859. The fraction of sp³-hybridized carbons (Fsp3) is 0.667. The van der Waals surface area contributed by atoms with Crippen molar-refractivity contribution in [1.29, 1.82) is 0 Å². The standard InChI is InChI=1S/C18H29ClN2/c1-3-14-7-6-11-21(12-10-14)18(17(20)4-2)15-8-5-9-16(19)13-15/h5,8-9,13-14,17-18H,3-4,6-7,10-12,20H2,1-2H3. The Labute approximate surface area is 134 Å². The molecule has 1 saturated heterocycles. The fourth-order valence-electron chi connectivity index (χ4n) is 3.52. The molecule has 0 amide bonds. The summed E-state index contributed by atoms with van der Waals surface area (Å²) in [6.07, 6.45) is 6.23. The van der Waals surface area contributed by atoms with Crippen LogP contribution in [0.15, 0.2) is 24.3 Å². The van der Waals surface area contributed by atoms with E-state index in [9.17, 15) is 0 Å². The Kier molecular flexibility index (Phi) is 6.53. The lowest BCUT2D eigenvalue weighted by Crippen LogP contribution is -2.41. The van der Waals surface area contributed by atoms with Gasteiger partial charge in [-0.3, -0.25) is 4.90 Å². The highest BCUT2D eigenvalue weighted by Gasteiger charge is 2.27. The summed E-state index contributed by atoms with van der Waals surface area (Å²) < 4.78 is 0. The van der Waals surface area contributed by atoms with Gasteiger partial charge in [0, 0.05) is 17.1 Å². The van der Waals surface area contributed by atoms with E-state index in [4.69, 9.17) is 17.3 Å². The van der Waals surface area contributed by atoms with E-state index in [1.807, 2.05) is 12.1 Å². The molecule has 0 spiro atoms. The first-order valence-corrected chi connectivity index (χ1v) is 8.78. The van der Waals surface area contributed by atoms with E-state index in [0.717, 1.165) is 30.5 Å². The summed E-state index contributed by atoms with van der Waals surface area (Å²) in [6, 6.07) is 8.71.